The molecule has 153 valence electrons. The van der Waals surface area contributed by atoms with Crippen molar-refractivity contribution in [3.8, 4) is 0 Å². The summed E-state index contributed by atoms with van der Waals surface area (Å²) in [6.07, 6.45) is 7.92. The monoisotopic (exact) mass is 467 g/mol. The molecule has 0 N–H and O–H groups in total. The Bertz CT molecular complexity index is 764. The van der Waals surface area contributed by atoms with Crippen LogP contribution in [0.1, 0.15) is 61.3 Å². The number of carbonyl (C=O) groups excluding carboxylic acids is 1. The van der Waals surface area contributed by atoms with Gasteiger partial charge in [0.2, 0.25) is 0 Å². The first kappa shape index (κ1) is 24.4. The van der Waals surface area contributed by atoms with Crippen LogP contribution in [0.4, 0.5) is 0 Å². The van der Waals surface area contributed by atoms with E-state index in [9.17, 15) is 4.79 Å². The molecule has 0 saturated carbocycles. The van der Waals surface area contributed by atoms with E-state index in [1.165, 1.54) is 47.9 Å². The summed E-state index contributed by atoms with van der Waals surface area (Å²) in [7, 11) is 0. The normalized spacial score (nSPS) is 15.9. The molecule has 1 aliphatic heterocycles. The number of quaternary nitrogens is 1. The van der Waals surface area contributed by atoms with Crippen molar-refractivity contribution in [3.05, 3.63) is 70.8 Å². The number of aryl methyl sites for hydroxylation is 2. The van der Waals surface area contributed by atoms with E-state index in [1.807, 2.05) is 0 Å². The summed E-state index contributed by atoms with van der Waals surface area (Å²) >= 11 is 0. The maximum absolute atomic E-state index is 13.2. The average Bonchev–Trinajstić information content (AvgIpc) is 2.91. The summed E-state index contributed by atoms with van der Waals surface area (Å²) < 4.78 is 0.941. The molecule has 0 bridgehead atoms. The van der Waals surface area contributed by atoms with Crippen molar-refractivity contribution < 1.29 is 42.0 Å². The van der Waals surface area contributed by atoms with Gasteiger partial charge in [0.1, 0.15) is 13.1 Å². The number of likely N-dealkylation sites (tertiary alicyclic amines) is 1. The van der Waals surface area contributed by atoms with Crippen molar-refractivity contribution in [1.29, 1.82) is 0 Å². The third kappa shape index (κ3) is 7.42. The number of Topliss-reactive ketones (excluding diaryl/α,β-unsaturated/α-hetero) is 1. The van der Waals surface area contributed by atoms with Gasteiger partial charge >= 0.3 is 0 Å². The van der Waals surface area contributed by atoms with Crippen LogP contribution in [0, 0.1) is 6.92 Å². The molecule has 3 heteroatoms. The van der Waals surface area contributed by atoms with E-state index in [4.69, 9.17) is 0 Å². The molecular formula is C26H36NOY+. The Labute approximate surface area is 202 Å². The predicted molar refractivity (Wildman–Crippen MR) is 117 cm³/mol. The quantitative estimate of drug-likeness (QED) is 0.459. The van der Waals surface area contributed by atoms with Crippen molar-refractivity contribution in [2.75, 3.05) is 19.6 Å². The van der Waals surface area contributed by atoms with Crippen molar-refractivity contribution in [2.24, 2.45) is 0 Å². The third-order valence-electron chi connectivity index (χ3n) is 6.23. The van der Waals surface area contributed by atoms with Crippen LogP contribution in [-0.4, -0.2) is 29.9 Å². The van der Waals surface area contributed by atoms with Crippen molar-refractivity contribution >= 4 is 5.78 Å². The van der Waals surface area contributed by atoms with Gasteiger partial charge in [0.15, 0.2) is 5.78 Å². The van der Waals surface area contributed by atoms with Crippen LogP contribution < -0.4 is 0 Å². The van der Waals surface area contributed by atoms with Gasteiger partial charge in [-0.25, -0.2) is 0 Å². The number of hydrogen-bond acceptors (Lipinski definition) is 1. The molecule has 0 spiro atoms. The van der Waals surface area contributed by atoms with Gasteiger partial charge in [-0.2, -0.15) is 0 Å². The van der Waals surface area contributed by atoms with E-state index in [-0.39, 0.29) is 32.7 Å². The molecule has 1 heterocycles. The van der Waals surface area contributed by atoms with Crippen LogP contribution in [0.15, 0.2) is 48.5 Å². The van der Waals surface area contributed by atoms with Crippen LogP contribution in [0.3, 0.4) is 0 Å². The first-order valence-corrected chi connectivity index (χ1v) is 11.1. The largest absolute Gasteiger partial charge is 0.314 e. The summed E-state index contributed by atoms with van der Waals surface area (Å²) in [6.45, 7) is 8.28. The average molecular weight is 467 g/mol. The fourth-order valence-corrected chi connectivity index (χ4v) is 4.70. The minimum atomic E-state index is 0. The predicted octanol–water partition coefficient (Wildman–Crippen LogP) is 5.65. The van der Waals surface area contributed by atoms with E-state index in [2.05, 4.69) is 62.4 Å². The smallest absolute Gasteiger partial charge is 0.191 e. The number of nitrogens with zero attached hydrogens (tertiary/aromatic N) is 1. The zero-order chi connectivity index (χ0) is 19.8. The zero-order valence-corrected chi connectivity index (χ0v) is 21.2. The molecule has 0 unspecified atom stereocenters. The first-order valence-electron chi connectivity index (χ1n) is 11.1. The van der Waals surface area contributed by atoms with Gasteiger partial charge < -0.3 is 4.48 Å². The summed E-state index contributed by atoms with van der Waals surface area (Å²) in [5, 5.41) is 0. The standard InChI is InChI=1S/C26H36NO.Y/c1-3-11-23-15-14-22(2)25(18-23)19-26(28)21-27(16-9-4-5-10-17-27)20-24-12-7-6-8-13-24;/h6-8,12-15,18H,3-5,9-11,16-17,19-21H2,1-2H3;/q+1;. The van der Waals surface area contributed by atoms with Crippen molar-refractivity contribution in [1.82, 2.24) is 0 Å². The molecule has 0 amide bonds. The van der Waals surface area contributed by atoms with E-state index < -0.39 is 0 Å². The molecule has 0 aromatic heterocycles. The van der Waals surface area contributed by atoms with Crippen LogP contribution in [0.2, 0.25) is 0 Å². The number of ketones is 1. The summed E-state index contributed by atoms with van der Waals surface area (Å²) in [5.41, 5.74) is 5.19. The second-order valence-corrected chi connectivity index (χ2v) is 8.73. The Morgan fingerprint density at radius 2 is 1.62 bits per heavy atom. The van der Waals surface area contributed by atoms with Gasteiger partial charge in [0.05, 0.1) is 13.1 Å². The van der Waals surface area contributed by atoms with Gasteiger partial charge in [0.25, 0.3) is 0 Å². The second-order valence-electron chi connectivity index (χ2n) is 8.73. The molecule has 1 saturated heterocycles. The van der Waals surface area contributed by atoms with Gasteiger partial charge in [-0.3, -0.25) is 4.79 Å². The fraction of sp³-hybridized carbons (Fsp3) is 0.500. The van der Waals surface area contributed by atoms with E-state index >= 15 is 0 Å². The Kier molecular flexibility index (Phi) is 10.2. The van der Waals surface area contributed by atoms with Gasteiger partial charge in [-0.15, -0.1) is 0 Å². The fourth-order valence-electron chi connectivity index (χ4n) is 4.70. The molecular weight excluding hydrogens is 431 g/mol. The summed E-state index contributed by atoms with van der Waals surface area (Å²) in [4.78, 5) is 13.2. The topological polar surface area (TPSA) is 17.1 Å². The number of benzene rings is 2. The van der Waals surface area contributed by atoms with Crippen LogP contribution in [0.5, 0.6) is 0 Å². The number of carbonyl (C=O) groups is 1. The van der Waals surface area contributed by atoms with E-state index in [0.29, 0.717) is 18.7 Å². The molecule has 1 aliphatic rings. The molecule has 3 rings (SSSR count). The van der Waals surface area contributed by atoms with Crippen LogP contribution in [-0.2, 0) is 56.9 Å². The molecule has 2 aromatic carbocycles. The molecule has 1 fully saturated rings. The Morgan fingerprint density at radius 1 is 0.931 bits per heavy atom. The molecule has 2 nitrogen and oxygen atoms in total. The Morgan fingerprint density at radius 3 is 2.28 bits per heavy atom. The SMILES string of the molecule is CCCc1ccc(C)c(CC(=O)C[N+]2(Cc3ccccc3)CCCCCC2)c1.[Y]. The minimum Gasteiger partial charge on any atom is -0.314 e. The molecule has 0 atom stereocenters. The molecule has 2 aromatic rings. The number of hydrogen-bond donors (Lipinski definition) is 0. The summed E-state index contributed by atoms with van der Waals surface area (Å²) in [5.74, 6) is 0.398. The van der Waals surface area contributed by atoms with E-state index in [0.717, 1.165) is 37.0 Å². The van der Waals surface area contributed by atoms with Crippen LogP contribution in [0.25, 0.3) is 0 Å². The minimum absolute atomic E-state index is 0. The molecule has 29 heavy (non-hydrogen) atoms. The Hall–Kier alpha value is -0.826. The first-order chi connectivity index (χ1) is 13.6. The van der Waals surface area contributed by atoms with E-state index in [1.54, 1.807) is 0 Å². The molecule has 0 aliphatic carbocycles. The maximum Gasteiger partial charge on any atom is 0.191 e. The van der Waals surface area contributed by atoms with Gasteiger partial charge in [0, 0.05) is 44.7 Å². The summed E-state index contributed by atoms with van der Waals surface area (Å²) in [6, 6.07) is 17.4. The van der Waals surface area contributed by atoms with Gasteiger partial charge in [-0.1, -0.05) is 61.9 Å². The van der Waals surface area contributed by atoms with Crippen molar-refractivity contribution in [3.63, 3.8) is 0 Å². The van der Waals surface area contributed by atoms with Crippen molar-refractivity contribution in [2.45, 2.75) is 65.3 Å². The zero-order valence-electron chi connectivity index (χ0n) is 18.3. The maximum atomic E-state index is 13.2. The third-order valence-corrected chi connectivity index (χ3v) is 6.23. The second kappa shape index (κ2) is 12.1. The Balaban J connectivity index is 0.00000300. The number of rotatable bonds is 8. The van der Waals surface area contributed by atoms with Gasteiger partial charge in [-0.05, 0) is 55.7 Å². The van der Waals surface area contributed by atoms with Crippen LogP contribution >= 0.6 is 0 Å². The molecule has 1 radical (unpaired) electrons.